The minimum Gasteiger partial charge on any atom is -0.338 e. The van der Waals surface area contributed by atoms with E-state index < -0.39 is 0 Å². The topological polar surface area (TPSA) is 58.3 Å². The number of hydrogen-bond acceptors (Lipinski definition) is 7. The molecular weight excluding hydrogens is 334 g/mol. The summed E-state index contributed by atoms with van der Waals surface area (Å²) in [7, 11) is 0. The van der Waals surface area contributed by atoms with Crippen molar-refractivity contribution in [2.75, 3.05) is 25.9 Å². The van der Waals surface area contributed by atoms with Crippen molar-refractivity contribution in [1.29, 1.82) is 0 Å². The lowest BCUT2D eigenvalue weighted by Gasteiger charge is -2.35. The third kappa shape index (κ3) is 4.22. The van der Waals surface area contributed by atoms with Crippen LogP contribution in [-0.2, 0) is 18.8 Å². The largest absolute Gasteiger partial charge is 0.338 e. The Labute approximate surface area is 153 Å². The van der Waals surface area contributed by atoms with Crippen molar-refractivity contribution in [3.8, 4) is 0 Å². The Morgan fingerprint density at radius 2 is 2.16 bits per heavy atom. The molecule has 3 saturated heterocycles. The molecule has 3 fully saturated rings. The van der Waals surface area contributed by atoms with E-state index in [1.165, 1.54) is 25.1 Å². The first-order chi connectivity index (χ1) is 12.3. The summed E-state index contributed by atoms with van der Waals surface area (Å²) in [6, 6.07) is 6.78. The van der Waals surface area contributed by atoms with Gasteiger partial charge in [-0.25, -0.2) is 0 Å². The summed E-state index contributed by atoms with van der Waals surface area (Å²) in [6.07, 6.45) is 6.54. The van der Waals surface area contributed by atoms with Gasteiger partial charge in [0.1, 0.15) is 0 Å². The van der Waals surface area contributed by atoms with Crippen LogP contribution in [0.1, 0.15) is 30.3 Å². The van der Waals surface area contributed by atoms with Gasteiger partial charge in [-0.1, -0.05) is 11.2 Å². The second-order valence-electron chi connectivity index (χ2n) is 7.08. The van der Waals surface area contributed by atoms with Crippen LogP contribution in [0.4, 0.5) is 0 Å². The zero-order valence-electron chi connectivity index (χ0n) is 14.7. The monoisotopic (exact) mass is 359 g/mol. The number of aromatic nitrogens is 3. The van der Waals surface area contributed by atoms with E-state index in [2.05, 4.69) is 43.3 Å². The van der Waals surface area contributed by atoms with Crippen LogP contribution in [0.5, 0.6) is 0 Å². The molecule has 0 spiro atoms. The smallest absolute Gasteiger partial charge is 0.240 e. The van der Waals surface area contributed by atoms with Crippen LogP contribution in [0, 0.1) is 5.92 Å². The van der Waals surface area contributed by atoms with E-state index in [1.54, 1.807) is 11.8 Å². The van der Waals surface area contributed by atoms with Crippen LogP contribution in [-0.4, -0.2) is 56.9 Å². The first-order valence-electron chi connectivity index (χ1n) is 8.97. The molecule has 2 atom stereocenters. The maximum atomic E-state index is 5.43. The van der Waals surface area contributed by atoms with Crippen LogP contribution >= 0.6 is 11.8 Å². The first-order valence-corrected chi connectivity index (χ1v) is 10.4. The zero-order chi connectivity index (χ0) is 17.1. The molecule has 6 nitrogen and oxygen atoms in total. The lowest BCUT2D eigenvalue weighted by molar-refractivity contribution is 0.121. The molecule has 0 N–H and O–H groups in total. The number of rotatable bonds is 6. The predicted octanol–water partition coefficient (Wildman–Crippen LogP) is 2.42. The highest BCUT2D eigenvalue weighted by atomic mass is 32.2. The highest BCUT2D eigenvalue weighted by Gasteiger charge is 2.35. The second-order valence-corrected chi connectivity index (χ2v) is 7.95. The highest BCUT2D eigenvalue weighted by molar-refractivity contribution is 7.97. The summed E-state index contributed by atoms with van der Waals surface area (Å²) >= 11 is 1.72. The third-order valence-corrected chi connectivity index (χ3v) is 5.68. The first kappa shape index (κ1) is 17.0. The molecular formula is C18H25N5OS. The van der Waals surface area contributed by atoms with Crippen molar-refractivity contribution in [2.45, 2.75) is 37.7 Å². The summed E-state index contributed by atoms with van der Waals surface area (Å²) < 4.78 is 5.43. The number of piperidine rings is 1. The minimum absolute atomic E-state index is 0.592. The van der Waals surface area contributed by atoms with Crippen molar-refractivity contribution in [3.63, 3.8) is 0 Å². The minimum atomic E-state index is 0.592. The van der Waals surface area contributed by atoms with Crippen molar-refractivity contribution >= 4 is 11.8 Å². The Morgan fingerprint density at radius 3 is 3.00 bits per heavy atom. The molecule has 7 heteroatoms. The molecule has 0 radical (unpaired) electrons. The van der Waals surface area contributed by atoms with E-state index in [9.17, 15) is 0 Å². The number of nitrogens with zero attached hydrogens (tertiary/aromatic N) is 5. The average Bonchev–Trinajstić information content (AvgIpc) is 2.87. The fourth-order valence-electron chi connectivity index (χ4n) is 4.03. The molecule has 5 heterocycles. The van der Waals surface area contributed by atoms with Gasteiger partial charge in [0.15, 0.2) is 5.82 Å². The maximum absolute atomic E-state index is 5.43. The predicted molar refractivity (Wildman–Crippen MR) is 98.0 cm³/mol. The van der Waals surface area contributed by atoms with E-state index >= 15 is 0 Å². The van der Waals surface area contributed by atoms with Crippen molar-refractivity contribution < 1.29 is 4.52 Å². The maximum Gasteiger partial charge on any atom is 0.240 e. The van der Waals surface area contributed by atoms with Crippen LogP contribution in [0.3, 0.4) is 0 Å². The van der Waals surface area contributed by atoms with Gasteiger partial charge >= 0.3 is 0 Å². The Balaban J connectivity index is 1.40. The standard InChI is InChI=1S/C18H25N5OS/c1-25-13-17-20-18(24-21-17)12-22-8-14-5-6-16(11-22)23(9-14)10-15-4-2-3-7-19-15/h2-4,7,14,16H,5-6,8-13H2,1H3/t14-,16+/m0/s1. The van der Waals surface area contributed by atoms with E-state index in [0.29, 0.717) is 6.04 Å². The van der Waals surface area contributed by atoms with Crippen LogP contribution in [0.25, 0.3) is 0 Å². The highest BCUT2D eigenvalue weighted by Crippen LogP contribution is 2.29. The van der Waals surface area contributed by atoms with Gasteiger partial charge in [-0.15, -0.1) is 0 Å². The molecule has 2 aromatic rings. The van der Waals surface area contributed by atoms with Crippen molar-refractivity contribution in [2.24, 2.45) is 5.92 Å². The van der Waals surface area contributed by atoms with Crippen LogP contribution < -0.4 is 0 Å². The van der Waals surface area contributed by atoms with E-state index in [4.69, 9.17) is 4.52 Å². The van der Waals surface area contributed by atoms with Crippen molar-refractivity contribution in [3.05, 3.63) is 41.8 Å². The summed E-state index contributed by atoms with van der Waals surface area (Å²) in [5, 5.41) is 4.07. The molecule has 0 aliphatic carbocycles. The molecule has 2 aromatic heterocycles. The molecule has 5 rings (SSSR count). The van der Waals surface area contributed by atoms with Crippen LogP contribution in [0.2, 0.25) is 0 Å². The molecule has 0 saturated carbocycles. The third-order valence-electron chi connectivity index (χ3n) is 5.14. The van der Waals surface area contributed by atoms with Gasteiger partial charge in [0, 0.05) is 38.4 Å². The molecule has 0 amide bonds. The number of hydrogen-bond donors (Lipinski definition) is 0. The van der Waals surface area contributed by atoms with Gasteiger partial charge in [0.25, 0.3) is 0 Å². The van der Waals surface area contributed by atoms with Gasteiger partial charge in [0.2, 0.25) is 5.89 Å². The van der Waals surface area contributed by atoms with Gasteiger partial charge in [-0.2, -0.15) is 16.7 Å². The molecule has 3 aliphatic rings. The van der Waals surface area contributed by atoms with Gasteiger partial charge in [0.05, 0.1) is 18.0 Å². The molecule has 0 unspecified atom stereocenters. The summed E-state index contributed by atoms with van der Waals surface area (Å²) in [6.45, 7) is 5.08. The lowest BCUT2D eigenvalue weighted by Crippen LogP contribution is -2.43. The quantitative estimate of drug-likeness (QED) is 0.785. The van der Waals surface area contributed by atoms with Gasteiger partial charge in [-0.05, 0) is 37.1 Å². The fourth-order valence-corrected chi connectivity index (χ4v) is 4.41. The van der Waals surface area contributed by atoms with Gasteiger partial charge in [-0.3, -0.25) is 14.8 Å². The Kier molecular flexibility index (Phi) is 5.33. The van der Waals surface area contributed by atoms with E-state index in [1.807, 2.05) is 12.3 Å². The Morgan fingerprint density at radius 1 is 1.20 bits per heavy atom. The second kappa shape index (κ2) is 7.85. The van der Waals surface area contributed by atoms with Gasteiger partial charge < -0.3 is 4.52 Å². The molecule has 134 valence electrons. The number of fused-ring (bicyclic) bond motifs is 4. The van der Waals surface area contributed by atoms with E-state index in [0.717, 1.165) is 49.6 Å². The summed E-state index contributed by atoms with van der Waals surface area (Å²) in [5.41, 5.74) is 1.17. The number of thioether (sulfide) groups is 1. The molecule has 3 aliphatic heterocycles. The molecule has 2 bridgehead atoms. The Bertz CT molecular complexity index is 679. The number of pyridine rings is 1. The lowest BCUT2D eigenvalue weighted by atomic mass is 9.95. The van der Waals surface area contributed by atoms with E-state index in [-0.39, 0.29) is 0 Å². The Hall–Kier alpha value is -1.44. The normalized spacial score (nSPS) is 24.5. The molecule has 25 heavy (non-hydrogen) atoms. The summed E-state index contributed by atoms with van der Waals surface area (Å²) in [5.74, 6) is 3.09. The van der Waals surface area contributed by atoms with Crippen molar-refractivity contribution in [1.82, 2.24) is 24.9 Å². The van der Waals surface area contributed by atoms with Crippen LogP contribution in [0.15, 0.2) is 28.9 Å². The zero-order valence-corrected chi connectivity index (χ0v) is 15.5. The summed E-state index contributed by atoms with van der Waals surface area (Å²) in [4.78, 5) is 14.1. The molecule has 0 aromatic carbocycles. The fraction of sp³-hybridized carbons (Fsp3) is 0.611. The SMILES string of the molecule is CSCc1noc(CN2C[C@@H]3CC[C@H](C2)N(Cc2ccccn2)C3)n1. The average molecular weight is 359 g/mol.